The Hall–Kier alpha value is -2.29. The lowest BCUT2D eigenvalue weighted by Crippen LogP contribution is -2.43. The zero-order valence-electron chi connectivity index (χ0n) is 16.3. The lowest BCUT2D eigenvalue weighted by Gasteiger charge is -2.32. The third-order valence-corrected chi connectivity index (χ3v) is 5.83. The first kappa shape index (κ1) is 20.4. The van der Waals surface area contributed by atoms with Crippen molar-refractivity contribution in [1.82, 2.24) is 19.7 Å². The molecule has 28 heavy (non-hydrogen) atoms. The summed E-state index contributed by atoms with van der Waals surface area (Å²) in [6.45, 7) is 5.07. The Morgan fingerprint density at radius 1 is 1.18 bits per heavy atom. The number of aromatic nitrogens is 1. The first-order valence-corrected chi connectivity index (χ1v) is 10.2. The lowest BCUT2D eigenvalue weighted by molar-refractivity contribution is -0.143. The van der Waals surface area contributed by atoms with Gasteiger partial charge in [0.25, 0.3) is 0 Å². The van der Waals surface area contributed by atoms with Crippen LogP contribution in [0.25, 0.3) is 10.6 Å². The third-order valence-electron chi connectivity index (χ3n) is 4.89. The van der Waals surface area contributed by atoms with Gasteiger partial charge in [0.15, 0.2) is 0 Å². The average molecular weight is 403 g/mol. The highest BCUT2D eigenvalue weighted by Gasteiger charge is 2.16. The highest BCUT2D eigenvalue weighted by Crippen LogP contribution is 2.25. The molecule has 3 rings (SSSR count). The number of carboxylic acids is 1. The number of hydrogen-bond acceptors (Lipinski definition) is 6. The van der Waals surface area contributed by atoms with Gasteiger partial charge in [0.2, 0.25) is 5.91 Å². The fourth-order valence-corrected chi connectivity index (χ4v) is 3.94. The zero-order valence-corrected chi connectivity index (χ0v) is 17.1. The van der Waals surface area contributed by atoms with Crippen molar-refractivity contribution in [3.05, 3.63) is 40.9 Å². The molecule has 1 aromatic heterocycles. The third kappa shape index (κ3) is 5.60. The topological polar surface area (TPSA) is 77.0 Å². The van der Waals surface area contributed by atoms with E-state index in [1.54, 1.807) is 0 Å². The smallest absolute Gasteiger partial charge is 0.323 e. The van der Waals surface area contributed by atoms with Crippen LogP contribution in [0.15, 0.2) is 29.6 Å². The Kier molecular flexibility index (Phi) is 6.77. The molecule has 2 heterocycles. The van der Waals surface area contributed by atoms with Gasteiger partial charge in [0.05, 0.1) is 12.1 Å². The van der Waals surface area contributed by atoms with Gasteiger partial charge >= 0.3 is 5.97 Å². The van der Waals surface area contributed by atoms with Gasteiger partial charge in [-0.2, -0.15) is 0 Å². The van der Waals surface area contributed by atoms with Crippen molar-refractivity contribution in [2.45, 2.75) is 13.0 Å². The average Bonchev–Trinajstić information content (AvgIpc) is 3.12. The quantitative estimate of drug-likeness (QED) is 0.759. The van der Waals surface area contributed by atoms with Crippen LogP contribution in [0.5, 0.6) is 0 Å². The summed E-state index contributed by atoms with van der Waals surface area (Å²) in [6, 6.07) is 8.43. The molecule has 0 bridgehead atoms. The van der Waals surface area contributed by atoms with Crippen LogP contribution in [0, 0.1) is 0 Å². The van der Waals surface area contributed by atoms with Crippen molar-refractivity contribution < 1.29 is 14.7 Å². The van der Waals surface area contributed by atoms with Crippen LogP contribution in [0.2, 0.25) is 0 Å². The minimum Gasteiger partial charge on any atom is -0.480 e. The second-order valence-electron chi connectivity index (χ2n) is 7.24. The van der Waals surface area contributed by atoms with Gasteiger partial charge in [-0.1, -0.05) is 24.3 Å². The predicted octanol–water partition coefficient (Wildman–Crippen LogP) is 1.64. The molecule has 1 aromatic carbocycles. The number of carboxylic acid groups (broad SMARTS) is 1. The van der Waals surface area contributed by atoms with Crippen LogP contribution < -0.4 is 0 Å². The van der Waals surface area contributed by atoms with E-state index in [9.17, 15) is 9.59 Å². The molecule has 7 nitrogen and oxygen atoms in total. The molecule has 1 amide bonds. The monoisotopic (exact) mass is 402 g/mol. The van der Waals surface area contributed by atoms with Gasteiger partial charge in [0, 0.05) is 50.7 Å². The summed E-state index contributed by atoms with van der Waals surface area (Å²) in [5.74, 6) is -1.27. The van der Waals surface area contributed by atoms with E-state index < -0.39 is 5.97 Å². The zero-order chi connectivity index (χ0) is 20.1. The van der Waals surface area contributed by atoms with E-state index in [0.717, 1.165) is 43.3 Å². The van der Waals surface area contributed by atoms with E-state index in [1.165, 1.54) is 28.8 Å². The van der Waals surface area contributed by atoms with Gasteiger partial charge in [-0.05, 0) is 12.6 Å². The Bertz CT molecular complexity index is 813. The molecule has 1 aliphatic rings. The lowest BCUT2D eigenvalue weighted by atomic mass is 10.1. The molecule has 0 radical (unpaired) electrons. The molecule has 1 fully saturated rings. The molecule has 1 aliphatic heterocycles. The molecule has 0 saturated carbocycles. The Morgan fingerprint density at radius 3 is 2.50 bits per heavy atom. The summed E-state index contributed by atoms with van der Waals surface area (Å²) < 4.78 is 0. The molecular weight excluding hydrogens is 376 g/mol. The number of rotatable bonds is 7. The summed E-state index contributed by atoms with van der Waals surface area (Å²) in [6.07, 6.45) is 0.113. The maximum absolute atomic E-state index is 12.1. The molecule has 8 heteroatoms. The number of hydrogen-bond donors (Lipinski definition) is 1. The number of carbonyl (C=O) groups is 2. The van der Waals surface area contributed by atoms with E-state index in [1.807, 2.05) is 5.38 Å². The highest BCUT2D eigenvalue weighted by molar-refractivity contribution is 7.13. The van der Waals surface area contributed by atoms with Crippen molar-refractivity contribution in [3.63, 3.8) is 0 Å². The normalized spacial score (nSPS) is 15.5. The summed E-state index contributed by atoms with van der Waals surface area (Å²) >= 11 is 1.50. The maximum atomic E-state index is 12.1. The SMILES string of the molecule is CN1CCN(Cc2ccc(-c3nc(CC(=O)N(C)CC(=O)O)cs3)cc2)CC1. The van der Waals surface area contributed by atoms with Crippen LogP contribution in [-0.2, 0) is 22.6 Å². The Morgan fingerprint density at radius 2 is 1.86 bits per heavy atom. The summed E-state index contributed by atoms with van der Waals surface area (Å²) in [5.41, 5.74) is 2.99. The molecule has 2 aromatic rings. The van der Waals surface area contributed by atoms with Gasteiger partial charge in [-0.3, -0.25) is 14.5 Å². The minimum atomic E-state index is -1.02. The number of benzene rings is 1. The Labute approximate surface area is 169 Å². The van der Waals surface area contributed by atoms with Crippen LogP contribution in [0.1, 0.15) is 11.3 Å². The standard InChI is InChI=1S/C20H26N4O3S/c1-22-7-9-24(10-8-22)12-15-3-5-16(6-4-15)20-21-17(14-28-20)11-18(25)23(2)13-19(26)27/h3-6,14H,7-13H2,1-2H3,(H,26,27). The van der Waals surface area contributed by atoms with Crippen molar-refractivity contribution >= 4 is 23.2 Å². The number of nitrogens with zero attached hydrogens (tertiary/aromatic N) is 4. The number of piperazine rings is 1. The van der Waals surface area contributed by atoms with Gasteiger partial charge in [-0.15, -0.1) is 11.3 Å². The second-order valence-corrected chi connectivity index (χ2v) is 8.10. The predicted molar refractivity (Wildman–Crippen MR) is 109 cm³/mol. The van der Waals surface area contributed by atoms with Crippen molar-refractivity contribution in [2.24, 2.45) is 0 Å². The van der Waals surface area contributed by atoms with Gasteiger partial charge < -0.3 is 14.9 Å². The molecule has 0 unspecified atom stereocenters. The van der Waals surface area contributed by atoms with Crippen molar-refractivity contribution in [3.8, 4) is 10.6 Å². The summed E-state index contributed by atoms with van der Waals surface area (Å²) in [7, 11) is 3.65. The molecule has 0 atom stereocenters. The first-order valence-electron chi connectivity index (χ1n) is 9.31. The molecular formula is C20H26N4O3S. The van der Waals surface area contributed by atoms with Crippen LogP contribution >= 0.6 is 11.3 Å². The fourth-order valence-electron chi connectivity index (χ4n) is 3.12. The molecule has 150 valence electrons. The molecule has 1 saturated heterocycles. The second kappa shape index (κ2) is 9.27. The van der Waals surface area contributed by atoms with E-state index in [-0.39, 0.29) is 18.9 Å². The van der Waals surface area contributed by atoms with Crippen molar-refractivity contribution in [1.29, 1.82) is 0 Å². The molecule has 0 aliphatic carbocycles. The minimum absolute atomic E-state index is 0.113. The van der Waals surface area contributed by atoms with Crippen LogP contribution in [0.3, 0.4) is 0 Å². The van der Waals surface area contributed by atoms with E-state index >= 15 is 0 Å². The maximum Gasteiger partial charge on any atom is 0.323 e. The highest BCUT2D eigenvalue weighted by atomic mass is 32.1. The Balaban J connectivity index is 1.57. The molecule has 1 N–H and O–H groups in total. The van der Waals surface area contributed by atoms with E-state index in [0.29, 0.717) is 5.69 Å². The summed E-state index contributed by atoms with van der Waals surface area (Å²) in [4.78, 5) is 33.3. The van der Waals surface area contributed by atoms with E-state index in [4.69, 9.17) is 5.11 Å². The van der Waals surface area contributed by atoms with Crippen LogP contribution in [-0.4, -0.2) is 83.5 Å². The van der Waals surface area contributed by atoms with E-state index in [2.05, 4.69) is 46.1 Å². The number of likely N-dealkylation sites (N-methyl/N-ethyl adjacent to an activating group) is 2. The van der Waals surface area contributed by atoms with Crippen molar-refractivity contribution in [2.75, 3.05) is 46.8 Å². The van der Waals surface area contributed by atoms with Gasteiger partial charge in [0.1, 0.15) is 11.6 Å². The summed E-state index contributed by atoms with van der Waals surface area (Å²) in [5, 5.41) is 11.5. The fraction of sp³-hybridized carbons (Fsp3) is 0.450. The first-order chi connectivity index (χ1) is 13.4. The largest absolute Gasteiger partial charge is 0.480 e. The number of thiazole rings is 1. The number of amides is 1. The number of aliphatic carboxylic acids is 1. The molecule has 0 spiro atoms. The number of carbonyl (C=O) groups excluding carboxylic acids is 1. The van der Waals surface area contributed by atoms with Crippen LogP contribution in [0.4, 0.5) is 0 Å². The van der Waals surface area contributed by atoms with Gasteiger partial charge in [-0.25, -0.2) is 4.98 Å².